The summed E-state index contributed by atoms with van der Waals surface area (Å²) in [7, 11) is 0. The van der Waals surface area contributed by atoms with E-state index in [0.717, 1.165) is 16.7 Å². The third-order valence-electron chi connectivity index (χ3n) is 5.42. The first-order valence-corrected chi connectivity index (χ1v) is 10.8. The van der Waals surface area contributed by atoms with Gasteiger partial charge in [0.25, 0.3) is 17.4 Å². The number of hydrogen-bond donors (Lipinski definition) is 2. The van der Waals surface area contributed by atoms with E-state index in [9.17, 15) is 14.4 Å². The van der Waals surface area contributed by atoms with Crippen LogP contribution in [-0.2, 0) is 11.3 Å². The number of hydrazine groups is 1. The Morgan fingerprint density at radius 2 is 1.59 bits per heavy atom. The number of nitrogens with zero attached hydrogens (tertiary/aromatic N) is 2. The van der Waals surface area contributed by atoms with Gasteiger partial charge in [0, 0.05) is 5.39 Å². The van der Waals surface area contributed by atoms with Crippen LogP contribution in [0.3, 0.4) is 0 Å². The van der Waals surface area contributed by atoms with Crippen molar-refractivity contribution in [3.8, 4) is 5.75 Å². The number of amides is 2. The maximum Gasteiger partial charge on any atom is 0.290 e. The molecule has 1 heterocycles. The second-order valence-electron chi connectivity index (χ2n) is 7.88. The molecule has 3 aromatic carbocycles. The van der Waals surface area contributed by atoms with Crippen molar-refractivity contribution in [1.29, 1.82) is 0 Å². The molecule has 0 aliphatic rings. The van der Waals surface area contributed by atoms with Crippen LogP contribution in [0.4, 0.5) is 0 Å². The fourth-order valence-electron chi connectivity index (χ4n) is 3.44. The van der Waals surface area contributed by atoms with Crippen molar-refractivity contribution >= 4 is 22.6 Å². The summed E-state index contributed by atoms with van der Waals surface area (Å²) in [6.07, 6.45) is 0. The smallest absolute Gasteiger partial charge is 0.290 e. The Bertz CT molecular complexity index is 1410. The highest BCUT2D eigenvalue weighted by Crippen LogP contribution is 2.16. The molecule has 0 aliphatic heterocycles. The van der Waals surface area contributed by atoms with E-state index in [1.165, 1.54) is 4.68 Å². The number of carbonyl (C=O) groups excluding carboxylic acids is 2. The molecular formula is C26H24N4O4. The standard InChI is InChI=1S/C26H24N4O4/c1-17-12-13-20(14-18(17)2)34-16-23(31)27-28-25(32)24-21-10-6-7-11-22(21)26(33)30(29-24)15-19-8-4-3-5-9-19/h3-14H,15-16H2,1-2H3,(H,27,31)(H,28,32). The van der Waals surface area contributed by atoms with E-state index in [1.807, 2.05) is 56.3 Å². The first kappa shape index (κ1) is 22.7. The lowest BCUT2D eigenvalue weighted by molar-refractivity contribution is -0.123. The second-order valence-corrected chi connectivity index (χ2v) is 7.88. The monoisotopic (exact) mass is 456 g/mol. The summed E-state index contributed by atoms with van der Waals surface area (Å²) in [5.41, 5.74) is 7.47. The quantitative estimate of drug-likeness (QED) is 0.435. The number of rotatable bonds is 6. The van der Waals surface area contributed by atoms with E-state index in [4.69, 9.17) is 4.74 Å². The maximum atomic E-state index is 12.9. The lowest BCUT2D eigenvalue weighted by Gasteiger charge is -2.12. The number of fused-ring (bicyclic) bond motifs is 1. The molecule has 4 rings (SSSR count). The molecule has 4 aromatic rings. The van der Waals surface area contributed by atoms with Crippen LogP contribution < -0.4 is 21.1 Å². The fourth-order valence-corrected chi connectivity index (χ4v) is 3.44. The van der Waals surface area contributed by atoms with Crippen molar-refractivity contribution in [2.75, 3.05) is 6.61 Å². The van der Waals surface area contributed by atoms with Gasteiger partial charge >= 0.3 is 0 Å². The average Bonchev–Trinajstić information content (AvgIpc) is 2.85. The Morgan fingerprint density at radius 3 is 2.32 bits per heavy atom. The van der Waals surface area contributed by atoms with Gasteiger partial charge in [-0.1, -0.05) is 54.6 Å². The Morgan fingerprint density at radius 1 is 0.882 bits per heavy atom. The van der Waals surface area contributed by atoms with Crippen LogP contribution in [0.15, 0.2) is 77.6 Å². The first-order valence-electron chi connectivity index (χ1n) is 10.8. The van der Waals surface area contributed by atoms with Crippen molar-refractivity contribution in [2.24, 2.45) is 0 Å². The summed E-state index contributed by atoms with van der Waals surface area (Å²) in [5, 5.41) is 5.06. The summed E-state index contributed by atoms with van der Waals surface area (Å²) < 4.78 is 6.74. The summed E-state index contributed by atoms with van der Waals surface area (Å²) in [6.45, 7) is 3.88. The molecule has 0 atom stereocenters. The lowest BCUT2D eigenvalue weighted by Crippen LogP contribution is -2.44. The minimum Gasteiger partial charge on any atom is -0.484 e. The van der Waals surface area contributed by atoms with Gasteiger partial charge < -0.3 is 4.74 Å². The highest BCUT2D eigenvalue weighted by Gasteiger charge is 2.17. The molecule has 0 aliphatic carbocycles. The average molecular weight is 457 g/mol. The Hall–Kier alpha value is -4.46. The number of aryl methyl sites for hydroxylation is 2. The Balaban J connectivity index is 1.49. The lowest BCUT2D eigenvalue weighted by atomic mass is 10.1. The van der Waals surface area contributed by atoms with Crippen molar-refractivity contribution < 1.29 is 14.3 Å². The number of benzene rings is 3. The SMILES string of the molecule is Cc1ccc(OCC(=O)NNC(=O)c2nn(Cc3ccccc3)c(=O)c3ccccc23)cc1C. The van der Waals surface area contributed by atoms with Gasteiger partial charge in [-0.2, -0.15) is 5.10 Å². The van der Waals surface area contributed by atoms with Gasteiger partial charge in [-0.3, -0.25) is 25.2 Å². The van der Waals surface area contributed by atoms with Crippen LogP contribution in [0.25, 0.3) is 10.8 Å². The maximum absolute atomic E-state index is 12.9. The predicted octanol–water partition coefficient (Wildman–Crippen LogP) is 2.90. The molecule has 1 aromatic heterocycles. The molecule has 0 spiro atoms. The summed E-state index contributed by atoms with van der Waals surface area (Å²) in [4.78, 5) is 38.0. The van der Waals surface area contributed by atoms with E-state index in [2.05, 4.69) is 16.0 Å². The van der Waals surface area contributed by atoms with Crippen molar-refractivity contribution in [3.63, 3.8) is 0 Å². The number of aromatic nitrogens is 2. The van der Waals surface area contributed by atoms with E-state index < -0.39 is 11.8 Å². The van der Waals surface area contributed by atoms with E-state index in [1.54, 1.807) is 30.3 Å². The van der Waals surface area contributed by atoms with Gasteiger partial charge in [0.15, 0.2) is 12.3 Å². The molecule has 0 saturated heterocycles. The van der Waals surface area contributed by atoms with Crippen LogP contribution in [0.1, 0.15) is 27.2 Å². The zero-order chi connectivity index (χ0) is 24.1. The molecule has 172 valence electrons. The van der Waals surface area contributed by atoms with Gasteiger partial charge in [-0.25, -0.2) is 4.68 Å². The van der Waals surface area contributed by atoms with Crippen molar-refractivity contribution in [3.05, 3.63) is 106 Å². The van der Waals surface area contributed by atoms with Crippen LogP contribution in [-0.4, -0.2) is 28.2 Å². The minimum atomic E-state index is -0.641. The molecule has 2 amide bonds. The van der Waals surface area contributed by atoms with E-state index in [-0.39, 0.29) is 24.4 Å². The third kappa shape index (κ3) is 5.12. The molecule has 2 N–H and O–H groups in total. The number of nitrogens with one attached hydrogen (secondary N) is 2. The molecule has 0 radical (unpaired) electrons. The molecule has 8 nitrogen and oxygen atoms in total. The Kier molecular flexibility index (Phi) is 6.68. The minimum absolute atomic E-state index is 0.0292. The third-order valence-corrected chi connectivity index (χ3v) is 5.42. The Labute approximate surface area is 196 Å². The number of hydrogen-bond acceptors (Lipinski definition) is 5. The zero-order valence-corrected chi connectivity index (χ0v) is 18.9. The highest BCUT2D eigenvalue weighted by atomic mass is 16.5. The van der Waals surface area contributed by atoms with E-state index in [0.29, 0.717) is 16.5 Å². The molecule has 0 fully saturated rings. The van der Waals surface area contributed by atoms with Gasteiger partial charge in [-0.15, -0.1) is 0 Å². The zero-order valence-electron chi connectivity index (χ0n) is 18.9. The molecule has 0 unspecified atom stereocenters. The molecule has 8 heteroatoms. The van der Waals surface area contributed by atoms with Crippen LogP contribution in [0, 0.1) is 13.8 Å². The van der Waals surface area contributed by atoms with Crippen LogP contribution >= 0.6 is 0 Å². The predicted molar refractivity (Wildman–Crippen MR) is 129 cm³/mol. The molecule has 0 saturated carbocycles. The number of ether oxygens (including phenoxy) is 1. The summed E-state index contributed by atoms with van der Waals surface area (Å²) in [6, 6.07) is 21.6. The van der Waals surface area contributed by atoms with Gasteiger partial charge in [0.05, 0.1) is 11.9 Å². The highest BCUT2D eigenvalue weighted by molar-refractivity contribution is 6.05. The van der Waals surface area contributed by atoms with Gasteiger partial charge in [-0.05, 0) is 48.7 Å². The topological polar surface area (TPSA) is 102 Å². The van der Waals surface area contributed by atoms with Gasteiger partial charge in [0.1, 0.15) is 5.75 Å². The van der Waals surface area contributed by atoms with Crippen LogP contribution in [0.2, 0.25) is 0 Å². The molecule has 34 heavy (non-hydrogen) atoms. The number of carbonyl (C=O) groups is 2. The first-order chi connectivity index (χ1) is 16.4. The van der Waals surface area contributed by atoms with Crippen molar-refractivity contribution in [2.45, 2.75) is 20.4 Å². The fraction of sp³-hybridized carbons (Fsp3) is 0.154. The van der Waals surface area contributed by atoms with E-state index >= 15 is 0 Å². The summed E-state index contributed by atoms with van der Waals surface area (Å²) >= 11 is 0. The normalized spacial score (nSPS) is 10.6. The summed E-state index contributed by atoms with van der Waals surface area (Å²) in [5.74, 6) is -0.615. The molecule has 0 bridgehead atoms. The molecular weight excluding hydrogens is 432 g/mol. The van der Waals surface area contributed by atoms with Gasteiger partial charge in [0.2, 0.25) is 0 Å². The van der Waals surface area contributed by atoms with Crippen molar-refractivity contribution in [1.82, 2.24) is 20.6 Å². The van der Waals surface area contributed by atoms with Crippen LogP contribution in [0.5, 0.6) is 5.75 Å². The second kappa shape index (κ2) is 9.99. The largest absolute Gasteiger partial charge is 0.484 e.